The second-order valence-electron chi connectivity index (χ2n) is 5.57. The molecule has 0 unspecified atom stereocenters. The van der Waals surface area contributed by atoms with Crippen LogP contribution in [0.25, 0.3) is 0 Å². The molecule has 2 aromatic rings. The van der Waals surface area contributed by atoms with Gasteiger partial charge in [-0.25, -0.2) is 0 Å². The second kappa shape index (κ2) is 11.6. The molecule has 2 aromatic heterocycles. The zero-order chi connectivity index (χ0) is 17.4. The lowest BCUT2D eigenvalue weighted by molar-refractivity contribution is 0.207. The lowest BCUT2D eigenvalue weighted by Crippen LogP contribution is -2.40. The maximum Gasteiger partial charge on any atom is 0.194 e. The molecule has 0 saturated heterocycles. The monoisotopic (exact) mass is 524 g/mol. The first-order valence-electron chi connectivity index (χ1n) is 7.91. The van der Waals surface area contributed by atoms with Gasteiger partial charge in [-0.2, -0.15) is 0 Å². The fourth-order valence-electron chi connectivity index (χ4n) is 2.35. The number of aliphatic imine (C=N–C) groups is 1. The highest BCUT2D eigenvalue weighted by Crippen LogP contribution is 2.15. The van der Waals surface area contributed by atoms with Crippen LogP contribution >= 0.6 is 39.9 Å². The molecule has 0 aliphatic carbocycles. The van der Waals surface area contributed by atoms with Crippen molar-refractivity contribution in [3.63, 3.8) is 0 Å². The normalized spacial score (nSPS) is 11.3. The number of hydrogen-bond donors (Lipinski definition) is 1. The third-order valence-corrected chi connectivity index (χ3v) is 4.06. The molecule has 1 N–H and O–H groups in total. The molecule has 0 aromatic carbocycles. The molecule has 2 rings (SSSR count). The standard InChI is InChI=1S/C17H25BrN4O2.HI/c1-21-12-14(18)11-15(21)13-22(2)17(20-8-10-23-3)19-7-6-16-5-4-9-24-16;/h4-5,9,11-12H,6-8,10,13H2,1-3H3,(H,19,20);1H. The highest BCUT2D eigenvalue weighted by molar-refractivity contribution is 14.0. The molecule has 0 aliphatic heterocycles. The molecule has 2 heterocycles. The molecule has 140 valence electrons. The molecule has 0 fully saturated rings. The summed E-state index contributed by atoms with van der Waals surface area (Å²) >= 11 is 3.51. The number of methoxy groups -OCH3 is 1. The number of furan rings is 1. The summed E-state index contributed by atoms with van der Waals surface area (Å²) < 4.78 is 13.7. The number of nitrogens with one attached hydrogen (secondary N) is 1. The fourth-order valence-corrected chi connectivity index (χ4v) is 2.92. The van der Waals surface area contributed by atoms with Crippen molar-refractivity contribution in [3.8, 4) is 0 Å². The van der Waals surface area contributed by atoms with Gasteiger partial charge in [0.05, 0.1) is 26.0 Å². The number of aryl methyl sites for hydroxylation is 1. The van der Waals surface area contributed by atoms with Crippen LogP contribution < -0.4 is 5.32 Å². The first kappa shape index (κ1) is 22.0. The van der Waals surface area contributed by atoms with Crippen molar-refractivity contribution in [2.24, 2.45) is 12.0 Å². The predicted octanol–water partition coefficient (Wildman–Crippen LogP) is 3.27. The smallest absolute Gasteiger partial charge is 0.194 e. The Morgan fingerprint density at radius 1 is 1.48 bits per heavy atom. The van der Waals surface area contributed by atoms with Crippen LogP contribution in [0.4, 0.5) is 0 Å². The Morgan fingerprint density at radius 3 is 2.88 bits per heavy atom. The van der Waals surface area contributed by atoms with Gasteiger partial charge in [0.25, 0.3) is 0 Å². The Hall–Kier alpha value is -1.000. The minimum atomic E-state index is 0. The van der Waals surface area contributed by atoms with Crippen LogP contribution in [-0.2, 0) is 24.8 Å². The van der Waals surface area contributed by atoms with Gasteiger partial charge < -0.3 is 23.9 Å². The average Bonchev–Trinajstić information content (AvgIpc) is 3.16. The summed E-state index contributed by atoms with van der Waals surface area (Å²) in [5.74, 6) is 1.82. The van der Waals surface area contributed by atoms with Crippen molar-refractivity contribution >= 4 is 45.9 Å². The van der Waals surface area contributed by atoms with E-state index in [1.807, 2.05) is 26.2 Å². The molecular weight excluding hydrogens is 499 g/mol. The summed E-state index contributed by atoms with van der Waals surface area (Å²) in [4.78, 5) is 6.73. The van der Waals surface area contributed by atoms with Crippen LogP contribution in [-0.4, -0.2) is 49.3 Å². The van der Waals surface area contributed by atoms with Gasteiger partial charge in [-0.3, -0.25) is 4.99 Å². The Balaban J connectivity index is 0.00000312. The molecular formula is C17H26BrIN4O2. The quantitative estimate of drug-likeness (QED) is 0.249. The van der Waals surface area contributed by atoms with Gasteiger partial charge in [-0.1, -0.05) is 0 Å². The Morgan fingerprint density at radius 2 is 2.28 bits per heavy atom. The lowest BCUT2D eigenvalue weighted by atomic mass is 10.3. The second-order valence-corrected chi connectivity index (χ2v) is 6.49. The van der Waals surface area contributed by atoms with Crippen LogP contribution in [0.3, 0.4) is 0 Å². The largest absolute Gasteiger partial charge is 0.469 e. The molecule has 0 bridgehead atoms. The third kappa shape index (κ3) is 7.41. The van der Waals surface area contributed by atoms with Crippen LogP contribution in [0.5, 0.6) is 0 Å². The Kier molecular flexibility index (Phi) is 10.2. The molecule has 0 aliphatic rings. The minimum Gasteiger partial charge on any atom is -0.469 e. The minimum absolute atomic E-state index is 0. The highest BCUT2D eigenvalue weighted by atomic mass is 127. The summed E-state index contributed by atoms with van der Waals surface area (Å²) in [7, 11) is 5.76. The number of rotatable bonds is 8. The number of guanidine groups is 1. The first-order chi connectivity index (χ1) is 11.6. The van der Waals surface area contributed by atoms with Crippen LogP contribution in [0.15, 0.2) is 44.5 Å². The van der Waals surface area contributed by atoms with E-state index in [0.717, 1.165) is 35.7 Å². The van der Waals surface area contributed by atoms with Crippen LogP contribution in [0, 0.1) is 0 Å². The maximum absolute atomic E-state index is 5.37. The number of ether oxygens (including phenoxy) is 1. The van der Waals surface area contributed by atoms with Crippen molar-refractivity contribution in [2.75, 3.05) is 33.9 Å². The Labute approximate surface area is 174 Å². The van der Waals surface area contributed by atoms with E-state index in [4.69, 9.17) is 9.15 Å². The summed E-state index contributed by atoms with van der Waals surface area (Å²) in [5.41, 5.74) is 1.21. The van der Waals surface area contributed by atoms with Gasteiger partial charge in [0.1, 0.15) is 5.76 Å². The van der Waals surface area contributed by atoms with Crippen molar-refractivity contribution in [1.82, 2.24) is 14.8 Å². The van der Waals surface area contributed by atoms with Crippen LogP contribution in [0.2, 0.25) is 0 Å². The number of nitrogens with zero attached hydrogens (tertiary/aromatic N) is 3. The van der Waals surface area contributed by atoms with E-state index in [-0.39, 0.29) is 24.0 Å². The zero-order valence-corrected chi connectivity index (χ0v) is 18.8. The highest BCUT2D eigenvalue weighted by Gasteiger charge is 2.10. The molecule has 8 heteroatoms. The molecule has 0 saturated carbocycles. The van der Waals surface area contributed by atoms with E-state index in [1.54, 1.807) is 13.4 Å². The van der Waals surface area contributed by atoms with E-state index < -0.39 is 0 Å². The zero-order valence-electron chi connectivity index (χ0n) is 14.9. The molecule has 0 radical (unpaired) electrons. The number of hydrogen-bond acceptors (Lipinski definition) is 3. The number of aromatic nitrogens is 1. The molecule has 0 amide bonds. The SMILES string of the molecule is COCCN=C(NCCc1ccco1)N(C)Cc1cc(Br)cn1C.I. The number of halogens is 2. The van der Waals surface area contributed by atoms with E-state index in [2.05, 4.69) is 48.0 Å². The van der Waals surface area contributed by atoms with E-state index in [1.165, 1.54) is 5.69 Å². The topological polar surface area (TPSA) is 54.9 Å². The van der Waals surface area contributed by atoms with E-state index in [0.29, 0.717) is 13.2 Å². The molecule has 25 heavy (non-hydrogen) atoms. The molecule has 0 spiro atoms. The van der Waals surface area contributed by atoms with Crippen molar-refractivity contribution < 1.29 is 9.15 Å². The van der Waals surface area contributed by atoms with Gasteiger partial charge in [-0.15, -0.1) is 24.0 Å². The summed E-state index contributed by atoms with van der Waals surface area (Å²) in [5, 5.41) is 3.40. The van der Waals surface area contributed by atoms with Crippen molar-refractivity contribution in [3.05, 3.63) is 46.6 Å². The van der Waals surface area contributed by atoms with Gasteiger partial charge in [-0.05, 0) is 34.1 Å². The summed E-state index contributed by atoms with van der Waals surface area (Å²) in [6.45, 7) is 2.76. The van der Waals surface area contributed by atoms with E-state index >= 15 is 0 Å². The average molecular weight is 525 g/mol. The third-order valence-electron chi connectivity index (χ3n) is 3.63. The van der Waals surface area contributed by atoms with Crippen molar-refractivity contribution in [2.45, 2.75) is 13.0 Å². The summed E-state index contributed by atoms with van der Waals surface area (Å²) in [6, 6.07) is 6.00. The fraction of sp³-hybridized carbons (Fsp3) is 0.471. The first-order valence-corrected chi connectivity index (χ1v) is 8.71. The van der Waals surface area contributed by atoms with Gasteiger partial charge >= 0.3 is 0 Å². The van der Waals surface area contributed by atoms with E-state index in [9.17, 15) is 0 Å². The van der Waals surface area contributed by atoms with Crippen LogP contribution in [0.1, 0.15) is 11.5 Å². The Bertz CT molecular complexity index is 643. The molecule has 0 atom stereocenters. The van der Waals surface area contributed by atoms with Gasteiger partial charge in [0.15, 0.2) is 5.96 Å². The predicted molar refractivity (Wildman–Crippen MR) is 115 cm³/mol. The van der Waals surface area contributed by atoms with Gasteiger partial charge in [0.2, 0.25) is 0 Å². The van der Waals surface area contributed by atoms with Gasteiger partial charge in [0, 0.05) is 50.5 Å². The summed E-state index contributed by atoms with van der Waals surface area (Å²) in [6.07, 6.45) is 4.57. The molecule has 6 nitrogen and oxygen atoms in total. The van der Waals surface area contributed by atoms with Crippen molar-refractivity contribution in [1.29, 1.82) is 0 Å². The maximum atomic E-state index is 5.37. The lowest BCUT2D eigenvalue weighted by Gasteiger charge is -2.22.